The van der Waals surface area contributed by atoms with Crippen LogP contribution in [0.1, 0.15) is 0 Å². The van der Waals surface area contributed by atoms with Gasteiger partial charge in [-0.05, 0) is 6.07 Å². The Balaban J connectivity index is 3.23. The van der Waals surface area contributed by atoms with E-state index in [1.54, 1.807) is 0 Å². The Kier molecular flexibility index (Phi) is 3.94. The minimum Gasteiger partial charge on any atom is -0.258 e. The second-order valence-electron chi connectivity index (χ2n) is 2.79. The number of benzene rings is 1. The molecule has 0 aliphatic heterocycles. The van der Waals surface area contributed by atoms with Crippen LogP contribution in [0.5, 0.6) is 0 Å². The molecule has 0 heterocycles. The summed E-state index contributed by atoms with van der Waals surface area (Å²) in [7, 11) is 0. The van der Waals surface area contributed by atoms with Crippen molar-refractivity contribution in [2.75, 3.05) is 0 Å². The molecule has 4 nitrogen and oxygen atoms in total. The van der Waals surface area contributed by atoms with E-state index in [-0.39, 0.29) is 5.02 Å². The molecule has 0 bridgehead atoms. The first-order valence-corrected chi connectivity index (χ1v) is 4.72. The standard InChI is InChI=1S/C8H3Cl2F3N2O2/c9-5-2-1-4(15(16)17)3-6(5)14-7(10)8(11,12)13/h1-3H. The summed E-state index contributed by atoms with van der Waals surface area (Å²) in [6, 6.07) is 2.92. The fraction of sp³-hybridized carbons (Fsp3) is 0.125. The van der Waals surface area contributed by atoms with E-state index in [2.05, 4.69) is 4.99 Å². The Labute approximate surface area is 103 Å². The van der Waals surface area contributed by atoms with Gasteiger partial charge in [-0.2, -0.15) is 13.2 Å². The van der Waals surface area contributed by atoms with Gasteiger partial charge in [0, 0.05) is 12.1 Å². The van der Waals surface area contributed by atoms with Gasteiger partial charge < -0.3 is 0 Å². The first-order chi connectivity index (χ1) is 7.71. The molecule has 17 heavy (non-hydrogen) atoms. The average molecular weight is 287 g/mol. The van der Waals surface area contributed by atoms with E-state index in [0.29, 0.717) is 0 Å². The minimum absolute atomic E-state index is 0.169. The van der Waals surface area contributed by atoms with Crippen LogP contribution in [-0.4, -0.2) is 16.3 Å². The minimum atomic E-state index is -4.82. The highest BCUT2D eigenvalue weighted by Gasteiger charge is 2.34. The molecule has 0 aliphatic carbocycles. The number of rotatable bonds is 2. The van der Waals surface area contributed by atoms with E-state index < -0.39 is 27.6 Å². The Morgan fingerprint density at radius 2 is 2.00 bits per heavy atom. The summed E-state index contributed by atoms with van der Waals surface area (Å²) in [6.45, 7) is 0. The summed E-state index contributed by atoms with van der Waals surface area (Å²) < 4.78 is 36.3. The third-order valence-electron chi connectivity index (χ3n) is 1.59. The number of nitro groups is 1. The van der Waals surface area contributed by atoms with Gasteiger partial charge in [-0.25, -0.2) is 4.99 Å². The Morgan fingerprint density at radius 1 is 1.41 bits per heavy atom. The third kappa shape index (κ3) is 3.57. The molecule has 9 heteroatoms. The molecule has 0 saturated heterocycles. The second-order valence-corrected chi connectivity index (χ2v) is 3.56. The molecule has 0 fully saturated rings. The highest BCUT2D eigenvalue weighted by molar-refractivity contribution is 6.67. The van der Waals surface area contributed by atoms with Crippen LogP contribution in [0, 0.1) is 10.1 Å². The number of halogens is 5. The summed E-state index contributed by atoms with van der Waals surface area (Å²) in [5.74, 6) is 0. The van der Waals surface area contributed by atoms with Crippen molar-refractivity contribution >= 4 is 39.7 Å². The summed E-state index contributed by atoms with van der Waals surface area (Å²) in [4.78, 5) is 12.6. The zero-order valence-corrected chi connectivity index (χ0v) is 9.34. The van der Waals surface area contributed by atoms with Crippen LogP contribution in [0.25, 0.3) is 0 Å². The van der Waals surface area contributed by atoms with Crippen LogP contribution < -0.4 is 0 Å². The fourth-order valence-electron chi connectivity index (χ4n) is 0.869. The van der Waals surface area contributed by atoms with Crippen molar-refractivity contribution in [1.29, 1.82) is 0 Å². The molecule has 0 aromatic heterocycles. The average Bonchev–Trinajstić information content (AvgIpc) is 2.19. The largest absolute Gasteiger partial charge is 0.444 e. The lowest BCUT2D eigenvalue weighted by Gasteiger charge is -2.04. The summed E-state index contributed by atoms with van der Waals surface area (Å²) in [5, 5.41) is 8.58. The zero-order valence-electron chi connectivity index (χ0n) is 7.83. The highest BCUT2D eigenvalue weighted by atomic mass is 35.5. The van der Waals surface area contributed by atoms with Crippen molar-refractivity contribution in [2.24, 2.45) is 4.99 Å². The van der Waals surface area contributed by atoms with E-state index >= 15 is 0 Å². The molecule has 0 spiro atoms. The van der Waals surface area contributed by atoms with Gasteiger partial charge in [0.1, 0.15) is 0 Å². The van der Waals surface area contributed by atoms with Crippen molar-refractivity contribution < 1.29 is 18.1 Å². The number of nitrogens with zero attached hydrogens (tertiary/aromatic N) is 2. The van der Waals surface area contributed by atoms with Gasteiger partial charge >= 0.3 is 6.18 Å². The molecule has 0 aliphatic rings. The SMILES string of the molecule is O=[N+]([O-])c1ccc(Cl)c(N=C(Cl)C(F)(F)F)c1. The van der Waals surface area contributed by atoms with Gasteiger partial charge in [-0.3, -0.25) is 10.1 Å². The number of non-ortho nitro benzene ring substituents is 1. The van der Waals surface area contributed by atoms with Crippen molar-refractivity contribution in [2.45, 2.75) is 6.18 Å². The Hall–Kier alpha value is -1.34. The lowest BCUT2D eigenvalue weighted by atomic mass is 10.3. The monoisotopic (exact) mass is 286 g/mol. The Morgan fingerprint density at radius 3 is 2.47 bits per heavy atom. The van der Waals surface area contributed by atoms with Crippen LogP contribution in [-0.2, 0) is 0 Å². The molecule has 1 rings (SSSR count). The molecule has 0 unspecified atom stereocenters. The van der Waals surface area contributed by atoms with Gasteiger partial charge in [0.05, 0.1) is 15.6 Å². The molecule has 1 aromatic rings. The maximum Gasteiger partial charge on any atom is 0.444 e. The molecule has 0 amide bonds. The predicted octanol–water partition coefficient (Wildman–Crippen LogP) is 4.08. The van der Waals surface area contributed by atoms with Gasteiger partial charge in [-0.15, -0.1) is 0 Å². The fourth-order valence-corrected chi connectivity index (χ4v) is 1.12. The summed E-state index contributed by atoms with van der Waals surface area (Å²) in [6.07, 6.45) is -4.82. The molecule has 0 saturated carbocycles. The van der Waals surface area contributed by atoms with Crippen molar-refractivity contribution in [3.05, 3.63) is 33.3 Å². The molecule has 92 valence electrons. The molecule has 0 atom stereocenters. The summed E-state index contributed by atoms with van der Waals surface area (Å²) in [5.41, 5.74) is -0.844. The number of alkyl halides is 3. The molecular formula is C8H3Cl2F3N2O2. The molecule has 0 radical (unpaired) electrons. The summed E-state index contributed by atoms with van der Waals surface area (Å²) >= 11 is 10.4. The second kappa shape index (κ2) is 4.89. The van der Waals surface area contributed by atoms with Gasteiger partial charge in [0.15, 0.2) is 0 Å². The van der Waals surface area contributed by atoms with Gasteiger partial charge in [0.25, 0.3) is 5.69 Å². The predicted molar refractivity (Wildman–Crippen MR) is 57.1 cm³/mol. The Bertz CT molecular complexity index is 488. The van der Waals surface area contributed by atoms with Crippen LogP contribution in [0.2, 0.25) is 5.02 Å². The molecule has 1 aromatic carbocycles. The normalized spacial score (nSPS) is 12.6. The molecule has 0 N–H and O–H groups in total. The van der Waals surface area contributed by atoms with Gasteiger partial charge in [-0.1, -0.05) is 23.2 Å². The number of nitro benzene ring substituents is 1. The lowest BCUT2D eigenvalue weighted by molar-refractivity contribution is -0.384. The van der Waals surface area contributed by atoms with Crippen LogP contribution >= 0.6 is 23.2 Å². The van der Waals surface area contributed by atoms with Crippen molar-refractivity contribution in [3.63, 3.8) is 0 Å². The van der Waals surface area contributed by atoms with E-state index in [0.717, 1.165) is 18.2 Å². The van der Waals surface area contributed by atoms with E-state index in [1.807, 2.05) is 0 Å². The van der Waals surface area contributed by atoms with Crippen molar-refractivity contribution in [3.8, 4) is 0 Å². The smallest absolute Gasteiger partial charge is 0.258 e. The van der Waals surface area contributed by atoms with Crippen LogP contribution in [0.3, 0.4) is 0 Å². The van der Waals surface area contributed by atoms with E-state index in [4.69, 9.17) is 23.2 Å². The topological polar surface area (TPSA) is 55.5 Å². The third-order valence-corrected chi connectivity index (χ3v) is 2.21. The number of aliphatic imine (C=N–C) groups is 1. The number of hydrogen-bond acceptors (Lipinski definition) is 3. The first kappa shape index (κ1) is 13.7. The maximum atomic E-state index is 12.1. The van der Waals surface area contributed by atoms with E-state index in [1.165, 1.54) is 0 Å². The lowest BCUT2D eigenvalue weighted by Crippen LogP contribution is -2.16. The van der Waals surface area contributed by atoms with Crippen LogP contribution in [0.4, 0.5) is 24.5 Å². The maximum absolute atomic E-state index is 12.1. The zero-order chi connectivity index (χ0) is 13.2. The number of hydrogen-bond donors (Lipinski definition) is 0. The quantitative estimate of drug-likeness (QED) is 0.467. The molecular weight excluding hydrogens is 284 g/mol. The van der Waals surface area contributed by atoms with Crippen LogP contribution in [0.15, 0.2) is 23.2 Å². The van der Waals surface area contributed by atoms with Gasteiger partial charge in [0.2, 0.25) is 5.17 Å². The van der Waals surface area contributed by atoms with Crippen molar-refractivity contribution in [1.82, 2.24) is 0 Å². The first-order valence-electron chi connectivity index (χ1n) is 3.97. The highest BCUT2D eigenvalue weighted by Crippen LogP contribution is 2.31. The van der Waals surface area contributed by atoms with E-state index in [9.17, 15) is 23.3 Å².